The Morgan fingerprint density at radius 3 is 2.67 bits per heavy atom. The van der Waals surface area contributed by atoms with Gasteiger partial charge in [0.05, 0.1) is 0 Å². The summed E-state index contributed by atoms with van der Waals surface area (Å²) < 4.78 is 0. The van der Waals surface area contributed by atoms with Gasteiger partial charge in [0.1, 0.15) is 6.34 Å². The summed E-state index contributed by atoms with van der Waals surface area (Å²) in [6.07, 6.45) is 3.50. The molecule has 0 bridgehead atoms. The third-order valence-electron chi connectivity index (χ3n) is 1.23. The SMILES string of the molecule is O=C=NC1=NC(N=C=O)N(N=C=O)C=N1. The lowest BCUT2D eigenvalue weighted by Crippen LogP contribution is -2.30. The van der Waals surface area contributed by atoms with Crippen molar-refractivity contribution in [3.05, 3.63) is 0 Å². The number of carbonyl (C=O) groups excluding carboxylic acids is 3. The van der Waals surface area contributed by atoms with Crippen molar-refractivity contribution in [1.29, 1.82) is 0 Å². The topological polar surface area (TPSA) is 116 Å². The molecule has 1 aliphatic heterocycles. The summed E-state index contributed by atoms with van der Waals surface area (Å²) in [7, 11) is 0. The van der Waals surface area contributed by atoms with Crippen LogP contribution >= 0.6 is 0 Å². The highest BCUT2D eigenvalue weighted by Gasteiger charge is 2.18. The maximum Gasteiger partial charge on any atom is 0.261 e. The lowest BCUT2D eigenvalue weighted by atomic mass is 10.7. The molecule has 15 heavy (non-hydrogen) atoms. The molecule has 9 heteroatoms. The minimum Gasteiger partial charge on any atom is -0.211 e. The number of guanidine groups is 1. The average Bonchev–Trinajstić information content (AvgIpc) is 2.23. The number of isocyanates is 3. The molecule has 0 fully saturated rings. The van der Waals surface area contributed by atoms with Gasteiger partial charge in [-0.1, -0.05) is 5.10 Å². The van der Waals surface area contributed by atoms with Crippen LogP contribution in [-0.4, -0.2) is 41.8 Å². The highest BCUT2D eigenvalue weighted by atomic mass is 16.1. The molecule has 0 radical (unpaired) electrons. The van der Waals surface area contributed by atoms with E-state index in [0.717, 1.165) is 11.3 Å². The molecule has 0 aromatic heterocycles. The van der Waals surface area contributed by atoms with Gasteiger partial charge in [0.25, 0.3) is 18.3 Å². The molecule has 0 aromatic carbocycles. The van der Waals surface area contributed by atoms with Crippen LogP contribution in [0.2, 0.25) is 0 Å². The van der Waals surface area contributed by atoms with Crippen LogP contribution < -0.4 is 0 Å². The Morgan fingerprint density at radius 2 is 2.07 bits per heavy atom. The Labute approximate surface area is 82.2 Å². The maximum absolute atomic E-state index is 10.0. The zero-order valence-electron chi connectivity index (χ0n) is 7.06. The predicted molar refractivity (Wildman–Crippen MR) is 45.9 cm³/mol. The minimum absolute atomic E-state index is 0.230. The summed E-state index contributed by atoms with van der Waals surface area (Å²) >= 11 is 0. The molecular formula is C6H2N6O3. The van der Waals surface area contributed by atoms with E-state index in [9.17, 15) is 14.4 Å². The highest BCUT2D eigenvalue weighted by Crippen LogP contribution is 2.06. The van der Waals surface area contributed by atoms with Crippen molar-refractivity contribution in [2.75, 3.05) is 0 Å². The lowest BCUT2D eigenvalue weighted by Gasteiger charge is -2.17. The van der Waals surface area contributed by atoms with Crippen molar-refractivity contribution in [3.8, 4) is 0 Å². The van der Waals surface area contributed by atoms with Crippen molar-refractivity contribution in [1.82, 2.24) is 5.01 Å². The number of rotatable bonds is 2. The van der Waals surface area contributed by atoms with Crippen LogP contribution in [0.3, 0.4) is 0 Å². The molecule has 0 N–H and O–H groups in total. The molecule has 1 aliphatic rings. The predicted octanol–water partition coefficient (Wildman–Crippen LogP) is -1.11. The molecule has 74 valence electrons. The number of nitrogens with zero attached hydrogens (tertiary/aromatic N) is 6. The second kappa shape index (κ2) is 5.11. The summed E-state index contributed by atoms with van der Waals surface area (Å²) in [6.45, 7) is 0. The van der Waals surface area contributed by atoms with E-state index in [-0.39, 0.29) is 5.96 Å². The molecule has 1 rings (SSSR count). The second-order valence-electron chi connectivity index (χ2n) is 2.01. The van der Waals surface area contributed by atoms with E-state index in [1.165, 1.54) is 18.2 Å². The van der Waals surface area contributed by atoms with E-state index in [1.54, 1.807) is 0 Å². The molecule has 1 heterocycles. The Kier molecular flexibility index (Phi) is 3.53. The van der Waals surface area contributed by atoms with Gasteiger partial charge in [-0.3, -0.25) is 0 Å². The molecule has 1 unspecified atom stereocenters. The fraction of sp³-hybridized carbons (Fsp3) is 0.167. The van der Waals surface area contributed by atoms with Gasteiger partial charge in [-0.15, -0.1) is 4.99 Å². The molecule has 0 aromatic rings. The summed E-state index contributed by atoms with van der Waals surface area (Å²) in [4.78, 5) is 43.2. The number of hydrogen-bond donors (Lipinski definition) is 0. The number of hydrazone groups is 1. The third kappa shape index (κ3) is 2.61. The van der Waals surface area contributed by atoms with Crippen molar-refractivity contribution >= 4 is 30.5 Å². The highest BCUT2D eigenvalue weighted by molar-refractivity contribution is 5.92. The van der Waals surface area contributed by atoms with Gasteiger partial charge in [0, 0.05) is 0 Å². The molecule has 0 saturated heterocycles. The lowest BCUT2D eigenvalue weighted by molar-refractivity contribution is 0.345. The van der Waals surface area contributed by atoms with E-state index in [1.807, 2.05) is 0 Å². The van der Waals surface area contributed by atoms with Crippen molar-refractivity contribution < 1.29 is 14.4 Å². The first-order valence-corrected chi connectivity index (χ1v) is 3.45. The van der Waals surface area contributed by atoms with Crippen LogP contribution in [0.15, 0.2) is 25.1 Å². The molecule has 0 aliphatic carbocycles. The fourth-order valence-electron chi connectivity index (χ4n) is 0.725. The first kappa shape index (κ1) is 10.4. The number of aliphatic imine (C=N–C) groups is 4. The van der Waals surface area contributed by atoms with Gasteiger partial charge in [0.2, 0.25) is 12.2 Å². The average molecular weight is 206 g/mol. The van der Waals surface area contributed by atoms with Gasteiger partial charge in [0.15, 0.2) is 0 Å². The monoisotopic (exact) mass is 206 g/mol. The fourth-order valence-corrected chi connectivity index (χ4v) is 0.725. The van der Waals surface area contributed by atoms with Crippen LogP contribution in [0.4, 0.5) is 0 Å². The maximum atomic E-state index is 10.0. The number of hydrogen-bond acceptors (Lipinski definition) is 9. The Balaban J connectivity index is 3.02. The quantitative estimate of drug-likeness (QED) is 0.420. The van der Waals surface area contributed by atoms with Gasteiger partial charge in [-0.25, -0.2) is 14.4 Å². The van der Waals surface area contributed by atoms with E-state index in [0.29, 0.717) is 0 Å². The summed E-state index contributed by atoms with van der Waals surface area (Å²) in [6, 6.07) is 0. The molecule has 1 atom stereocenters. The minimum atomic E-state index is -1.16. The Morgan fingerprint density at radius 1 is 1.27 bits per heavy atom. The standard InChI is InChI=1S/C6H2N6O3/c13-2-8-5-7-1-12(10-4-15)6(11-5)9-3-14/h1,6H. The Bertz CT molecular complexity index is 449. The van der Waals surface area contributed by atoms with Gasteiger partial charge in [-0.05, 0) is 0 Å². The van der Waals surface area contributed by atoms with Crippen molar-refractivity contribution in [2.24, 2.45) is 25.1 Å². The summed E-state index contributed by atoms with van der Waals surface area (Å²) in [5, 5.41) is 3.99. The van der Waals surface area contributed by atoms with Gasteiger partial charge >= 0.3 is 0 Å². The molecular weight excluding hydrogens is 204 g/mol. The molecule has 0 spiro atoms. The zero-order valence-corrected chi connectivity index (χ0v) is 7.06. The van der Waals surface area contributed by atoms with E-state index < -0.39 is 6.29 Å². The van der Waals surface area contributed by atoms with Crippen LogP contribution in [0.1, 0.15) is 0 Å². The van der Waals surface area contributed by atoms with Gasteiger partial charge < -0.3 is 0 Å². The Hall–Kier alpha value is -2.72. The third-order valence-corrected chi connectivity index (χ3v) is 1.23. The zero-order chi connectivity index (χ0) is 11.1. The van der Waals surface area contributed by atoms with E-state index in [4.69, 9.17) is 0 Å². The van der Waals surface area contributed by atoms with E-state index >= 15 is 0 Å². The smallest absolute Gasteiger partial charge is 0.211 e. The van der Waals surface area contributed by atoms with Crippen LogP contribution in [0.5, 0.6) is 0 Å². The van der Waals surface area contributed by atoms with E-state index in [2.05, 4.69) is 25.1 Å². The largest absolute Gasteiger partial charge is 0.261 e. The first-order valence-electron chi connectivity index (χ1n) is 3.45. The second-order valence-corrected chi connectivity index (χ2v) is 2.01. The van der Waals surface area contributed by atoms with Crippen molar-refractivity contribution in [3.63, 3.8) is 0 Å². The normalized spacial score (nSPS) is 18.0. The van der Waals surface area contributed by atoms with Crippen LogP contribution in [-0.2, 0) is 14.4 Å². The summed E-state index contributed by atoms with van der Waals surface area (Å²) in [5.74, 6) is -0.230. The van der Waals surface area contributed by atoms with Crippen LogP contribution in [0, 0.1) is 0 Å². The van der Waals surface area contributed by atoms with Crippen molar-refractivity contribution in [2.45, 2.75) is 6.29 Å². The van der Waals surface area contributed by atoms with Gasteiger partial charge in [-0.2, -0.15) is 20.0 Å². The first-order chi connectivity index (χ1) is 7.31. The van der Waals surface area contributed by atoms with Crippen LogP contribution in [0.25, 0.3) is 0 Å². The molecule has 9 nitrogen and oxygen atoms in total. The summed E-state index contributed by atoms with van der Waals surface area (Å²) in [5.41, 5.74) is 0. The molecule has 0 amide bonds. The molecule has 0 saturated carbocycles.